The van der Waals surface area contributed by atoms with Crippen LogP contribution in [0.1, 0.15) is 6.85 Å². The molecule has 0 aliphatic rings. The Morgan fingerprint density at radius 3 is 1.86 bits per heavy atom. The van der Waals surface area contributed by atoms with E-state index in [0.717, 1.165) is 44.3 Å². The van der Waals surface area contributed by atoms with E-state index in [4.69, 9.17) is 26.2 Å². The Morgan fingerprint density at radius 2 is 1.08 bits per heavy atom. The third-order valence-corrected chi connectivity index (χ3v) is 8.53. The molecule has 0 radical (unpaired) electrons. The normalized spacial score (nSPS) is 12.7. The molecule has 3 heterocycles. The molecule has 0 N–H and O–H groups in total. The summed E-state index contributed by atoms with van der Waals surface area (Å²) in [5, 5.41) is 1.64. The van der Waals surface area contributed by atoms with Crippen molar-refractivity contribution >= 4 is 21.9 Å². The largest absolute Gasteiger partial charge is 0.455 e. The van der Waals surface area contributed by atoms with Crippen LogP contribution in [0.3, 0.4) is 0 Å². The Labute approximate surface area is 290 Å². The lowest BCUT2D eigenvalue weighted by Crippen LogP contribution is -2.00. The molecule has 5 heteroatoms. The molecule has 9 rings (SSSR count). The molecule has 3 aromatic heterocycles. The van der Waals surface area contributed by atoms with Crippen molar-refractivity contribution < 1.29 is 11.3 Å². The third-order valence-electron chi connectivity index (χ3n) is 8.53. The first kappa shape index (κ1) is 23.6. The summed E-state index contributed by atoms with van der Waals surface area (Å²) >= 11 is 0. The minimum atomic E-state index is -0.492. The molecule has 0 fully saturated rings. The predicted octanol–water partition coefficient (Wildman–Crippen LogP) is 11.2. The Morgan fingerprint density at radius 1 is 0.449 bits per heavy atom. The minimum Gasteiger partial charge on any atom is -0.455 e. The van der Waals surface area contributed by atoms with Gasteiger partial charge in [-0.15, -0.1) is 0 Å². The van der Waals surface area contributed by atoms with Crippen molar-refractivity contribution in [3.8, 4) is 67.7 Å². The Hall–Kier alpha value is -6.72. The lowest BCUT2D eigenvalue weighted by Gasteiger charge is -2.10. The third kappa shape index (κ3) is 5.33. The highest BCUT2D eigenvalue weighted by Gasteiger charge is 2.19. The Balaban J connectivity index is 1.23. The maximum Gasteiger partial charge on any atom is 0.164 e. The average Bonchev–Trinajstić information content (AvgIpc) is 3.62. The number of rotatable bonds is 6. The molecule has 5 nitrogen and oxygen atoms in total. The minimum absolute atomic E-state index is 0.0372. The molecular weight excluding hydrogens is 601 g/mol. The summed E-state index contributed by atoms with van der Waals surface area (Å²) in [6.45, 7) is 0. The molecule has 0 atom stereocenters. The molecule has 0 bridgehead atoms. The number of para-hydroxylation sites is 1. The van der Waals surface area contributed by atoms with Gasteiger partial charge in [-0.1, -0.05) is 145 Å². The van der Waals surface area contributed by atoms with E-state index in [-0.39, 0.29) is 23.0 Å². The van der Waals surface area contributed by atoms with Crippen LogP contribution in [0.2, 0.25) is 0 Å². The van der Waals surface area contributed by atoms with E-state index in [1.807, 2.05) is 97.1 Å². The van der Waals surface area contributed by atoms with Gasteiger partial charge in [0.25, 0.3) is 0 Å². The number of aromatic nitrogens is 4. The van der Waals surface area contributed by atoms with Gasteiger partial charge >= 0.3 is 0 Å². The molecule has 9 aromatic rings. The van der Waals surface area contributed by atoms with Crippen LogP contribution in [0.15, 0.2) is 174 Å². The monoisotopic (exact) mass is 633 g/mol. The van der Waals surface area contributed by atoms with Crippen LogP contribution >= 0.6 is 0 Å². The number of nitrogens with zero attached hydrogens (tertiary/aromatic N) is 4. The average molecular weight is 634 g/mol. The molecule has 0 aliphatic carbocycles. The van der Waals surface area contributed by atoms with E-state index >= 15 is 0 Å². The molecule has 0 amide bonds. The molecule has 0 saturated heterocycles. The van der Waals surface area contributed by atoms with Crippen molar-refractivity contribution in [1.82, 2.24) is 19.9 Å². The van der Waals surface area contributed by atoms with Gasteiger partial charge in [-0.2, -0.15) is 0 Å². The summed E-state index contributed by atoms with van der Waals surface area (Å²) in [6, 6.07) is 41.4. The van der Waals surface area contributed by atoms with Gasteiger partial charge in [-0.05, 0) is 34.9 Å². The second-order valence-electron chi connectivity index (χ2n) is 11.5. The van der Waals surface area contributed by atoms with E-state index in [9.17, 15) is 0 Å². The summed E-state index contributed by atoms with van der Waals surface area (Å²) in [5.41, 5.74) is 8.41. The fourth-order valence-electron chi connectivity index (χ4n) is 6.16. The SMILES string of the molecule is [2H]c1c([2H])c([2H])c(-c2nc(-c3ccc(-c4ccccn4)cc3)nc(-c3cccc4oc5c(-c6ccc(-c7ccccc7)cc6)cccc5c34)n2)c([2H])c1[2H]. The van der Waals surface area contributed by atoms with Crippen LogP contribution in [0.25, 0.3) is 89.6 Å². The highest BCUT2D eigenvalue weighted by molar-refractivity contribution is 6.15. The topological polar surface area (TPSA) is 64.7 Å². The van der Waals surface area contributed by atoms with Crippen LogP contribution in [0.4, 0.5) is 0 Å². The zero-order valence-electron chi connectivity index (χ0n) is 31.0. The second-order valence-corrected chi connectivity index (χ2v) is 11.5. The van der Waals surface area contributed by atoms with Gasteiger partial charge in [0.05, 0.1) is 12.5 Å². The predicted molar refractivity (Wildman–Crippen MR) is 198 cm³/mol. The van der Waals surface area contributed by atoms with Crippen molar-refractivity contribution in [3.63, 3.8) is 0 Å². The second kappa shape index (κ2) is 12.1. The lowest BCUT2D eigenvalue weighted by atomic mass is 9.98. The van der Waals surface area contributed by atoms with Crippen molar-refractivity contribution in [3.05, 3.63) is 170 Å². The fourth-order valence-corrected chi connectivity index (χ4v) is 6.16. The Kier molecular flexibility index (Phi) is 5.84. The quantitative estimate of drug-likeness (QED) is 0.182. The van der Waals surface area contributed by atoms with Gasteiger partial charge in [0.15, 0.2) is 17.5 Å². The molecule has 0 saturated carbocycles. The number of furan rings is 1. The van der Waals surface area contributed by atoms with Crippen LogP contribution in [0, 0.1) is 0 Å². The summed E-state index contributed by atoms with van der Waals surface area (Å²) in [4.78, 5) is 18.9. The summed E-state index contributed by atoms with van der Waals surface area (Å²) in [7, 11) is 0. The molecule has 0 unspecified atom stereocenters. The summed E-state index contributed by atoms with van der Waals surface area (Å²) < 4.78 is 48.9. The zero-order valence-corrected chi connectivity index (χ0v) is 26.0. The van der Waals surface area contributed by atoms with Gasteiger partial charge < -0.3 is 4.42 Å². The molecule has 0 aliphatic heterocycles. The van der Waals surface area contributed by atoms with Crippen LogP contribution in [-0.4, -0.2) is 19.9 Å². The first-order valence-corrected chi connectivity index (χ1v) is 15.8. The highest BCUT2D eigenvalue weighted by atomic mass is 16.3. The lowest BCUT2D eigenvalue weighted by molar-refractivity contribution is 0.670. The Bertz CT molecular complexity index is 2830. The van der Waals surface area contributed by atoms with E-state index in [0.29, 0.717) is 22.3 Å². The maximum atomic E-state index is 8.73. The van der Waals surface area contributed by atoms with Gasteiger partial charge in [0.2, 0.25) is 0 Å². The molecular formula is C44H28N4O. The standard InChI is InChI=1S/C44H28N4O/c1-3-11-29(12-4-1)30-20-22-31(23-21-30)35-15-9-16-36-40-37(17-10-19-39(40)49-41(35)36)44-47-42(33-13-5-2-6-14-33)46-43(48-44)34-26-24-32(25-27-34)38-18-7-8-28-45-38/h1-28H/i2D,5D,6D,13D,14D. The maximum absolute atomic E-state index is 8.73. The van der Waals surface area contributed by atoms with Crippen LogP contribution in [-0.2, 0) is 0 Å². The molecule has 6 aromatic carbocycles. The zero-order chi connectivity index (χ0) is 36.9. The van der Waals surface area contributed by atoms with Crippen LogP contribution in [0.5, 0.6) is 0 Å². The van der Waals surface area contributed by atoms with Crippen molar-refractivity contribution in [2.75, 3.05) is 0 Å². The van der Waals surface area contributed by atoms with E-state index in [1.165, 1.54) is 0 Å². The van der Waals surface area contributed by atoms with Gasteiger partial charge in [0.1, 0.15) is 11.2 Å². The van der Waals surface area contributed by atoms with Gasteiger partial charge in [0, 0.05) is 44.8 Å². The van der Waals surface area contributed by atoms with Crippen molar-refractivity contribution in [2.24, 2.45) is 0 Å². The summed E-state index contributed by atoms with van der Waals surface area (Å²) in [5.74, 6) is 0.504. The summed E-state index contributed by atoms with van der Waals surface area (Å²) in [6.07, 6.45) is 1.73. The number of fused-ring (bicyclic) bond motifs is 3. The van der Waals surface area contributed by atoms with Crippen molar-refractivity contribution in [2.45, 2.75) is 0 Å². The molecule has 49 heavy (non-hydrogen) atoms. The molecule has 0 spiro atoms. The van der Waals surface area contributed by atoms with Gasteiger partial charge in [-0.25, -0.2) is 15.0 Å². The first-order valence-electron chi connectivity index (χ1n) is 18.3. The van der Waals surface area contributed by atoms with E-state index < -0.39 is 30.2 Å². The first-order chi connectivity index (χ1) is 26.4. The van der Waals surface area contributed by atoms with E-state index in [1.54, 1.807) is 6.20 Å². The van der Waals surface area contributed by atoms with Crippen LogP contribution < -0.4 is 0 Å². The number of hydrogen-bond donors (Lipinski definition) is 0. The smallest absolute Gasteiger partial charge is 0.164 e. The van der Waals surface area contributed by atoms with Gasteiger partial charge in [-0.3, -0.25) is 4.98 Å². The number of pyridine rings is 1. The number of hydrogen-bond acceptors (Lipinski definition) is 5. The molecule has 230 valence electrons. The van der Waals surface area contributed by atoms with Crippen molar-refractivity contribution in [1.29, 1.82) is 0 Å². The fraction of sp³-hybridized carbons (Fsp3) is 0. The van der Waals surface area contributed by atoms with E-state index in [2.05, 4.69) is 41.4 Å². The number of benzene rings is 6. The highest BCUT2D eigenvalue weighted by Crippen LogP contribution is 2.40.